The molecular weight excluding hydrogens is 406 g/mol. The highest BCUT2D eigenvalue weighted by molar-refractivity contribution is 6.11. The van der Waals surface area contributed by atoms with E-state index in [0.29, 0.717) is 30.6 Å². The molecule has 7 nitrogen and oxygen atoms in total. The zero-order valence-electron chi connectivity index (χ0n) is 16.8. The van der Waals surface area contributed by atoms with Crippen LogP contribution in [0.1, 0.15) is 51.1 Å². The lowest BCUT2D eigenvalue weighted by atomic mass is 9.99. The summed E-state index contributed by atoms with van der Waals surface area (Å²) in [5, 5.41) is 12.9. The molecule has 1 atom stereocenters. The van der Waals surface area contributed by atoms with Crippen molar-refractivity contribution in [1.29, 1.82) is 0 Å². The van der Waals surface area contributed by atoms with Crippen LogP contribution in [0.4, 0.5) is 4.79 Å². The zero-order valence-corrected chi connectivity index (χ0v) is 17.6. The topological polar surface area (TPSA) is 113 Å². The first-order valence-corrected chi connectivity index (χ1v) is 9.65. The quantitative estimate of drug-likeness (QED) is 0.645. The molecule has 0 radical (unpaired) electrons. The molecule has 2 aromatic rings. The van der Waals surface area contributed by atoms with Crippen LogP contribution in [-0.2, 0) is 0 Å². The smallest absolute Gasteiger partial charge is 0.314 e. The number of nitrogens with two attached hydrogens (primary N) is 1. The Bertz CT molecular complexity index is 930. The standard InChI is InChI=1S/C22H25N3O4.ClH/c1-14-4-9-19(26)18(13-14)20(27)15-5-7-16(8-6-15)21(28)24-17-3-2-11-25(12-10-17)22(23)29;/h4-9,13,17,26H,2-3,10-12H2,1H3,(H2,23,29)(H,24,28);1H/t17-;/m0./s1. The number of hydrogen-bond acceptors (Lipinski definition) is 4. The largest absolute Gasteiger partial charge is 0.507 e. The third-order valence-corrected chi connectivity index (χ3v) is 5.18. The molecule has 1 aliphatic heterocycles. The SMILES string of the molecule is Cc1ccc(O)c(C(=O)c2ccc(C(=O)N[C@H]3CCCN(C(N)=O)CC3)cc2)c1.Cl. The minimum atomic E-state index is -0.433. The molecule has 0 aromatic heterocycles. The predicted octanol–water partition coefficient (Wildman–Crippen LogP) is 3.02. The molecular formula is C22H26ClN3O4. The molecule has 1 heterocycles. The number of rotatable bonds is 4. The fourth-order valence-corrected chi connectivity index (χ4v) is 3.49. The van der Waals surface area contributed by atoms with E-state index in [9.17, 15) is 19.5 Å². The van der Waals surface area contributed by atoms with Gasteiger partial charge in [-0.2, -0.15) is 0 Å². The number of benzene rings is 2. The Morgan fingerprint density at radius 2 is 1.70 bits per heavy atom. The third-order valence-electron chi connectivity index (χ3n) is 5.18. The number of halogens is 1. The minimum Gasteiger partial charge on any atom is -0.507 e. The van der Waals surface area contributed by atoms with Crippen molar-refractivity contribution >= 4 is 30.1 Å². The van der Waals surface area contributed by atoms with Crippen molar-refractivity contribution in [3.05, 3.63) is 64.7 Å². The van der Waals surface area contributed by atoms with E-state index in [4.69, 9.17) is 5.73 Å². The number of aryl methyl sites for hydroxylation is 1. The van der Waals surface area contributed by atoms with E-state index in [0.717, 1.165) is 18.4 Å². The maximum atomic E-state index is 12.6. The third kappa shape index (κ3) is 5.51. The lowest BCUT2D eigenvalue weighted by Crippen LogP contribution is -2.38. The summed E-state index contributed by atoms with van der Waals surface area (Å²) in [4.78, 5) is 38.1. The number of primary amides is 1. The summed E-state index contributed by atoms with van der Waals surface area (Å²) in [5.41, 5.74) is 7.29. The maximum absolute atomic E-state index is 12.6. The number of nitrogens with zero attached hydrogens (tertiary/aromatic N) is 1. The number of amides is 3. The van der Waals surface area contributed by atoms with Crippen molar-refractivity contribution in [3.63, 3.8) is 0 Å². The lowest BCUT2D eigenvalue weighted by Gasteiger charge is -2.18. The van der Waals surface area contributed by atoms with Gasteiger partial charge in [-0.15, -0.1) is 12.4 Å². The van der Waals surface area contributed by atoms with Crippen molar-refractivity contribution < 1.29 is 19.5 Å². The Labute approximate surface area is 181 Å². The Kier molecular flexibility index (Phi) is 7.83. The summed E-state index contributed by atoms with van der Waals surface area (Å²) in [6.07, 6.45) is 2.21. The Morgan fingerprint density at radius 3 is 2.37 bits per heavy atom. The maximum Gasteiger partial charge on any atom is 0.314 e. The molecule has 1 saturated heterocycles. The number of ketones is 1. The van der Waals surface area contributed by atoms with Gasteiger partial charge in [0.2, 0.25) is 0 Å². The Balaban J connectivity index is 0.00000320. The zero-order chi connectivity index (χ0) is 21.0. The van der Waals surface area contributed by atoms with Gasteiger partial charge in [-0.1, -0.05) is 23.8 Å². The number of nitrogens with one attached hydrogen (secondary N) is 1. The lowest BCUT2D eigenvalue weighted by molar-refractivity contribution is 0.0932. The van der Waals surface area contributed by atoms with Gasteiger partial charge < -0.3 is 21.1 Å². The van der Waals surface area contributed by atoms with Crippen molar-refractivity contribution in [1.82, 2.24) is 10.2 Å². The Hall–Kier alpha value is -3.06. The van der Waals surface area contributed by atoms with E-state index >= 15 is 0 Å². The number of carbonyl (C=O) groups is 3. The monoisotopic (exact) mass is 431 g/mol. The first kappa shape index (κ1) is 23.2. The van der Waals surface area contributed by atoms with Gasteiger partial charge in [0, 0.05) is 30.3 Å². The highest BCUT2D eigenvalue weighted by Gasteiger charge is 2.21. The van der Waals surface area contributed by atoms with Crippen molar-refractivity contribution in [2.75, 3.05) is 13.1 Å². The fourth-order valence-electron chi connectivity index (χ4n) is 3.49. The van der Waals surface area contributed by atoms with Crippen LogP contribution in [0.5, 0.6) is 5.75 Å². The number of phenols is 1. The molecule has 0 bridgehead atoms. The van der Waals surface area contributed by atoms with Gasteiger partial charge in [0.15, 0.2) is 5.78 Å². The summed E-state index contributed by atoms with van der Waals surface area (Å²) in [6, 6.07) is 10.8. The van der Waals surface area contributed by atoms with Gasteiger partial charge in [0.1, 0.15) is 5.75 Å². The molecule has 1 fully saturated rings. The predicted molar refractivity (Wildman–Crippen MR) is 116 cm³/mol. The Morgan fingerprint density at radius 1 is 1.03 bits per heavy atom. The van der Waals surface area contributed by atoms with Gasteiger partial charge in [0.05, 0.1) is 5.56 Å². The molecule has 3 amide bonds. The highest BCUT2D eigenvalue weighted by Crippen LogP contribution is 2.22. The summed E-state index contributed by atoms with van der Waals surface area (Å²) in [7, 11) is 0. The molecule has 0 saturated carbocycles. The fraction of sp³-hybridized carbons (Fsp3) is 0.318. The minimum absolute atomic E-state index is 0. The normalized spacial score (nSPS) is 16.2. The second-order valence-corrected chi connectivity index (χ2v) is 7.35. The van der Waals surface area contributed by atoms with Gasteiger partial charge in [-0.3, -0.25) is 9.59 Å². The van der Waals surface area contributed by atoms with Crippen LogP contribution in [0.15, 0.2) is 42.5 Å². The molecule has 0 unspecified atom stereocenters. The molecule has 0 spiro atoms. The molecule has 4 N–H and O–H groups in total. The van der Waals surface area contributed by atoms with Crippen LogP contribution in [-0.4, -0.2) is 46.9 Å². The summed E-state index contributed by atoms with van der Waals surface area (Å²) >= 11 is 0. The van der Waals surface area contributed by atoms with E-state index in [1.165, 1.54) is 6.07 Å². The summed E-state index contributed by atoms with van der Waals surface area (Å²) in [5.74, 6) is -0.589. The number of carbonyl (C=O) groups excluding carboxylic acids is 3. The molecule has 160 valence electrons. The average molecular weight is 432 g/mol. The summed E-state index contributed by atoms with van der Waals surface area (Å²) < 4.78 is 0. The molecule has 30 heavy (non-hydrogen) atoms. The molecule has 1 aliphatic rings. The van der Waals surface area contributed by atoms with Crippen molar-refractivity contribution in [2.24, 2.45) is 5.73 Å². The molecule has 3 rings (SSSR count). The number of hydrogen-bond donors (Lipinski definition) is 3. The van der Waals surface area contributed by atoms with Crippen LogP contribution in [0.25, 0.3) is 0 Å². The first-order valence-electron chi connectivity index (χ1n) is 9.65. The van der Waals surface area contributed by atoms with Gasteiger partial charge in [0.25, 0.3) is 5.91 Å². The number of likely N-dealkylation sites (tertiary alicyclic amines) is 1. The van der Waals surface area contributed by atoms with Crippen LogP contribution in [0, 0.1) is 6.92 Å². The van der Waals surface area contributed by atoms with Gasteiger partial charge in [-0.05, 0) is 50.5 Å². The highest BCUT2D eigenvalue weighted by atomic mass is 35.5. The molecule has 8 heteroatoms. The first-order chi connectivity index (χ1) is 13.8. The van der Waals surface area contributed by atoms with Crippen LogP contribution < -0.4 is 11.1 Å². The summed E-state index contributed by atoms with van der Waals surface area (Å²) in [6.45, 7) is 2.97. The molecule has 2 aromatic carbocycles. The number of aromatic hydroxyl groups is 1. The number of urea groups is 1. The van der Waals surface area contributed by atoms with Crippen LogP contribution in [0.3, 0.4) is 0 Å². The van der Waals surface area contributed by atoms with Crippen LogP contribution >= 0.6 is 12.4 Å². The van der Waals surface area contributed by atoms with E-state index in [1.807, 2.05) is 6.92 Å². The molecule has 0 aliphatic carbocycles. The second kappa shape index (κ2) is 10.1. The van der Waals surface area contributed by atoms with E-state index in [2.05, 4.69) is 5.32 Å². The van der Waals surface area contributed by atoms with Crippen LogP contribution in [0.2, 0.25) is 0 Å². The van der Waals surface area contributed by atoms with Crippen molar-refractivity contribution in [2.45, 2.75) is 32.2 Å². The average Bonchev–Trinajstić information content (AvgIpc) is 2.95. The van der Waals surface area contributed by atoms with E-state index < -0.39 is 6.03 Å². The van der Waals surface area contributed by atoms with Gasteiger partial charge >= 0.3 is 6.03 Å². The van der Waals surface area contributed by atoms with E-state index in [1.54, 1.807) is 41.3 Å². The van der Waals surface area contributed by atoms with Crippen molar-refractivity contribution in [3.8, 4) is 5.75 Å². The second-order valence-electron chi connectivity index (χ2n) is 7.35. The van der Waals surface area contributed by atoms with E-state index in [-0.39, 0.29) is 41.5 Å². The van der Waals surface area contributed by atoms with Gasteiger partial charge in [-0.25, -0.2) is 4.79 Å². The number of phenolic OH excluding ortho intramolecular Hbond substituents is 1.